The van der Waals surface area contributed by atoms with Crippen LogP contribution in [0.25, 0.3) is 0 Å². The van der Waals surface area contributed by atoms with Gasteiger partial charge in [-0.3, -0.25) is 4.90 Å². The fourth-order valence-electron chi connectivity index (χ4n) is 1.82. The summed E-state index contributed by atoms with van der Waals surface area (Å²) in [7, 11) is 0. The van der Waals surface area contributed by atoms with Gasteiger partial charge in [0.1, 0.15) is 0 Å². The van der Waals surface area contributed by atoms with Gasteiger partial charge in [-0.2, -0.15) is 13.2 Å². The van der Waals surface area contributed by atoms with Gasteiger partial charge in [0.2, 0.25) is 0 Å². The van der Waals surface area contributed by atoms with E-state index in [9.17, 15) is 13.2 Å². The number of nitrogens with zero attached hydrogens (tertiary/aromatic N) is 1. The molecular formula is C10H15ClF3N. The van der Waals surface area contributed by atoms with E-state index < -0.39 is 12.1 Å². The molecule has 0 bridgehead atoms. The van der Waals surface area contributed by atoms with E-state index in [2.05, 4.69) is 6.58 Å². The first kappa shape index (κ1) is 12.8. The summed E-state index contributed by atoms with van der Waals surface area (Å²) in [4.78, 5) is 1.78. The van der Waals surface area contributed by atoms with E-state index in [1.54, 1.807) is 4.90 Å². The van der Waals surface area contributed by atoms with Gasteiger partial charge in [-0.15, -0.1) is 11.6 Å². The van der Waals surface area contributed by atoms with Gasteiger partial charge in [0, 0.05) is 19.0 Å². The van der Waals surface area contributed by atoms with Crippen LogP contribution in [0.1, 0.15) is 12.8 Å². The van der Waals surface area contributed by atoms with Crippen LogP contribution >= 0.6 is 11.6 Å². The van der Waals surface area contributed by atoms with E-state index in [-0.39, 0.29) is 13.0 Å². The van der Waals surface area contributed by atoms with Crippen molar-refractivity contribution in [3.63, 3.8) is 0 Å². The third kappa shape index (κ3) is 4.03. The molecule has 1 atom stereocenters. The molecule has 1 unspecified atom stereocenters. The van der Waals surface area contributed by atoms with Crippen LogP contribution < -0.4 is 0 Å². The van der Waals surface area contributed by atoms with Gasteiger partial charge < -0.3 is 0 Å². The summed E-state index contributed by atoms with van der Waals surface area (Å²) in [5.41, 5.74) is 0.777. The summed E-state index contributed by atoms with van der Waals surface area (Å²) in [5, 5.41) is 0. The molecule has 0 amide bonds. The van der Waals surface area contributed by atoms with E-state index in [0.717, 1.165) is 5.57 Å². The van der Waals surface area contributed by atoms with Crippen molar-refractivity contribution < 1.29 is 13.2 Å². The van der Waals surface area contributed by atoms with Gasteiger partial charge >= 0.3 is 6.18 Å². The topological polar surface area (TPSA) is 3.24 Å². The minimum absolute atomic E-state index is 0.0827. The van der Waals surface area contributed by atoms with E-state index in [1.807, 2.05) is 0 Å². The van der Waals surface area contributed by atoms with E-state index in [1.165, 1.54) is 0 Å². The first-order chi connectivity index (χ1) is 6.93. The lowest BCUT2D eigenvalue weighted by molar-refractivity contribution is -0.186. The monoisotopic (exact) mass is 241 g/mol. The average molecular weight is 242 g/mol. The molecule has 1 saturated heterocycles. The zero-order valence-corrected chi connectivity index (χ0v) is 9.24. The molecule has 1 heterocycles. The molecule has 0 N–H and O–H groups in total. The van der Waals surface area contributed by atoms with Crippen molar-refractivity contribution in [2.24, 2.45) is 5.92 Å². The lowest BCUT2D eigenvalue weighted by Gasteiger charge is -2.33. The molecule has 5 heteroatoms. The van der Waals surface area contributed by atoms with Crippen LogP contribution in [0, 0.1) is 5.92 Å². The van der Waals surface area contributed by atoms with Crippen LogP contribution in [0.5, 0.6) is 0 Å². The Balaban J connectivity index is 2.46. The molecule has 1 rings (SSSR count). The Bertz CT molecular complexity index is 227. The molecule has 0 aromatic heterocycles. The Hall–Kier alpha value is -0.220. The predicted molar refractivity (Wildman–Crippen MR) is 55.1 cm³/mol. The van der Waals surface area contributed by atoms with Gasteiger partial charge in [0.15, 0.2) is 0 Å². The fraction of sp³-hybridized carbons (Fsp3) is 0.800. The minimum Gasteiger partial charge on any atom is -0.299 e. The number of piperidine rings is 1. The second-order valence-corrected chi connectivity index (χ2v) is 4.27. The summed E-state index contributed by atoms with van der Waals surface area (Å²) in [6.07, 6.45) is -3.23. The van der Waals surface area contributed by atoms with Gasteiger partial charge in [0.05, 0.1) is 5.92 Å². The number of hydrogen-bond donors (Lipinski definition) is 0. The SMILES string of the molecule is C=C(CCl)CN1CCCC(C(F)(F)F)C1. The van der Waals surface area contributed by atoms with Crippen LogP contribution in [0.2, 0.25) is 0 Å². The number of likely N-dealkylation sites (tertiary alicyclic amines) is 1. The quantitative estimate of drug-likeness (QED) is 0.542. The van der Waals surface area contributed by atoms with Crippen molar-refractivity contribution in [2.45, 2.75) is 19.0 Å². The number of rotatable bonds is 3. The molecule has 0 aliphatic carbocycles. The standard InChI is InChI=1S/C10H15ClF3N/c1-8(5-11)6-15-4-2-3-9(7-15)10(12,13)14/h9H,1-7H2. The summed E-state index contributed by atoms with van der Waals surface area (Å²) in [6, 6.07) is 0. The van der Waals surface area contributed by atoms with Crippen molar-refractivity contribution in [1.29, 1.82) is 0 Å². The van der Waals surface area contributed by atoms with Gasteiger partial charge in [-0.1, -0.05) is 6.58 Å². The van der Waals surface area contributed by atoms with Crippen molar-refractivity contribution in [3.05, 3.63) is 12.2 Å². The summed E-state index contributed by atoms with van der Waals surface area (Å²) in [6.45, 7) is 4.98. The summed E-state index contributed by atoms with van der Waals surface area (Å²) in [5.74, 6) is -0.873. The van der Waals surface area contributed by atoms with Crippen LogP contribution in [-0.2, 0) is 0 Å². The Labute approximate surface area is 92.9 Å². The Morgan fingerprint density at radius 3 is 2.67 bits per heavy atom. The minimum atomic E-state index is -4.07. The Morgan fingerprint density at radius 1 is 1.47 bits per heavy atom. The maximum Gasteiger partial charge on any atom is 0.393 e. The molecule has 1 nitrogen and oxygen atoms in total. The van der Waals surface area contributed by atoms with Crippen LogP contribution in [-0.4, -0.2) is 36.6 Å². The lowest BCUT2D eigenvalue weighted by Crippen LogP contribution is -2.42. The first-order valence-electron chi connectivity index (χ1n) is 4.95. The lowest BCUT2D eigenvalue weighted by atomic mass is 9.97. The molecular weight excluding hydrogens is 227 g/mol. The van der Waals surface area contributed by atoms with E-state index in [4.69, 9.17) is 11.6 Å². The van der Waals surface area contributed by atoms with Crippen LogP contribution in [0.15, 0.2) is 12.2 Å². The van der Waals surface area contributed by atoms with Gasteiger partial charge in [-0.05, 0) is 25.0 Å². The third-order valence-electron chi connectivity index (χ3n) is 2.60. The summed E-state index contributed by atoms with van der Waals surface area (Å²) < 4.78 is 37.4. The molecule has 0 spiro atoms. The van der Waals surface area contributed by atoms with Gasteiger partial charge in [-0.25, -0.2) is 0 Å². The fourth-order valence-corrected chi connectivity index (χ4v) is 1.91. The van der Waals surface area contributed by atoms with Crippen LogP contribution in [0.4, 0.5) is 13.2 Å². The number of hydrogen-bond acceptors (Lipinski definition) is 1. The zero-order valence-electron chi connectivity index (χ0n) is 8.49. The summed E-state index contributed by atoms with van der Waals surface area (Å²) >= 11 is 5.55. The molecule has 0 aromatic rings. The molecule has 1 aliphatic heterocycles. The highest BCUT2D eigenvalue weighted by atomic mass is 35.5. The maximum atomic E-state index is 12.5. The highest BCUT2D eigenvalue weighted by molar-refractivity contribution is 6.19. The number of halogens is 4. The smallest absolute Gasteiger partial charge is 0.299 e. The highest BCUT2D eigenvalue weighted by Gasteiger charge is 2.41. The van der Waals surface area contributed by atoms with Crippen molar-refractivity contribution in [1.82, 2.24) is 4.90 Å². The highest BCUT2D eigenvalue weighted by Crippen LogP contribution is 2.33. The Morgan fingerprint density at radius 2 is 2.13 bits per heavy atom. The van der Waals surface area contributed by atoms with Crippen molar-refractivity contribution in [2.75, 3.05) is 25.5 Å². The van der Waals surface area contributed by atoms with Crippen LogP contribution in [0.3, 0.4) is 0 Å². The molecule has 1 fully saturated rings. The first-order valence-corrected chi connectivity index (χ1v) is 5.48. The molecule has 0 aromatic carbocycles. The largest absolute Gasteiger partial charge is 0.393 e. The third-order valence-corrected chi connectivity index (χ3v) is 2.98. The molecule has 1 aliphatic rings. The van der Waals surface area contributed by atoms with E-state index >= 15 is 0 Å². The molecule has 0 radical (unpaired) electrons. The second kappa shape index (κ2) is 5.21. The number of alkyl halides is 4. The second-order valence-electron chi connectivity index (χ2n) is 4.00. The predicted octanol–water partition coefficient (Wildman–Crippen LogP) is 3.06. The zero-order chi connectivity index (χ0) is 11.5. The Kier molecular flexibility index (Phi) is 4.46. The van der Waals surface area contributed by atoms with Gasteiger partial charge in [0.25, 0.3) is 0 Å². The van der Waals surface area contributed by atoms with E-state index in [0.29, 0.717) is 25.4 Å². The van der Waals surface area contributed by atoms with Crippen molar-refractivity contribution in [3.8, 4) is 0 Å². The molecule has 15 heavy (non-hydrogen) atoms. The average Bonchev–Trinajstić information content (AvgIpc) is 2.17. The molecule has 0 saturated carbocycles. The maximum absolute atomic E-state index is 12.5. The molecule has 88 valence electrons. The normalized spacial score (nSPS) is 24.1. The van der Waals surface area contributed by atoms with Crippen molar-refractivity contribution >= 4 is 11.6 Å².